The topological polar surface area (TPSA) is 125 Å². The van der Waals surface area contributed by atoms with Crippen molar-refractivity contribution in [1.29, 1.82) is 0 Å². The van der Waals surface area contributed by atoms with Crippen LogP contribution in [0, 0.1) is 11.2 Å². The van der Waals surface area contributed by atoms with Gasteiger partial charge in [0.05, 0.1) is 23.4 Å². The number of carbonyl (C=O) groups is 4. The molecule has 1 aromatic rings. The van der Waals surface area contributed by atoms with Crippen molar-refractivity contribution in [2.45, 2.75) is 31.7 Å². The Bertz CT molecular complexity index is 927. The van der Waals surface area contributed by atoms with E-state index in [0.717, 1.165) is 11.0 Å². The van der Waals surface area contributed by atoms with E-state index in [4.69, 9.17) is 4.74 Å². The van der Waals surface area contributed by atoms with Gasteiger partial charge < -0.3 is 15.2 Å². The van der Waals surface area contributed by atoms with Crippen molar-refractivity contribution < 1.29 is 33.4 Å². The van der Waals surface area contributed by atoms with Crippen LogP contribution in [0.25, 0.3) is 0 Å². The summed E-state index contributed by atoms with van der Waals surface area (Å²) in [6.07, 6.45) is 1.17. The van der Waals surface area contributed by atoms with E-state index in [-0.39, 0.29) is 42.8 Å². The summed E-state index contributed by atoms with van der Waals surface area (Å²) in [6, 6.07) is 1.19. The highest BCUT2D eigenvalue weighted by molar-refractivity contribution is 6.25. The molecular formula is C20H22FN3O6. The van der Waals surface area contributed by atoms with Crippen LogP contribution in [0.1, 0.15) is 46.4 Å². The summed E-state index contributed by atoms with van der Waals surface area (Å²) in [5.41, 5.74) is -0.786. The second-order valence-corrected chi connectivity index (χ2v) is 7.92. The predicted octanol–water partition coefficient (Wildman–Crippen LogP) is 0.428. The lowest BCUT2D eigenvalue weighted by Gasteiger charge is -2.36. The number of hydrogen-bond donors (Lipinski definition) is 3. The number of nitrogens with zero attached hydrogens (tertiary/aromatic N) is 1. The predicted molar refractivity (Wildman–Crippen MR) is 101 cm³/mol. The van der Waals surface area contributed by atoms with Gasteiger partial charge in [-0.2, -0.15) is 0 Å². The van der Waals surface area contributed by atoms with Gasteiger partial charge in [0.2, 0.25) is 11.8 Å². The van der Waals surface area contributed by atoms with Gasteiger partial charge >= 0.3 is 0 Å². The first-order chi connectivity index (χ1) is 14.4. The van der Waals surface area contributed by atoms with Crippen LogP contribution >= 0.6 is 0 Å². The number of ether oxygens (including phenoxy) is 1. The third-order valence-electron chi connectivity index (χ3n) is 6.09. The number of piperidine rings is 1. The van der Waals surface area contributed by atoms with Crippen molar-refractivity contribution in [3.8, 4) is 0 Å². The Hall–Kier alpha value is -2.85. The van der Waals surface area contributed by atoms with Crippen LogP contribution in [0.15, 0.2) is 12.1 Å². The summed E-state index contributed by atoms with van der Waals surface area (Å²) in [4.78, 5) is 50.3. The molecule has 9 nitrogen and oxygen atoms in total. The number of aliphatic hydroxyl groups is 1. The van der Waals surface area contributed by atoms with E-state index in [1.807, 2.05) is 0 Å². The van der Waals surface area contributed by atoms with Crippen molar-refractivity contribution in [2.75, 3.05) is 31.7 Å². The van der Waals surface area contributed by atoms with Crippen LogP contribution in [0.4, 0.5) is 10.1 Å². The zero-order valence-electron chi connectivity index (χ0n) is 16.2. The molecule has 0 spiro atoms. The SMILES string of the molecule is O=C1CCC(N2C(=O)c3ccc(F)c(NCC4(CO)CCOCC4)c3C2=O)C(=O)N1. The maximum atomic E-state index is 14.7. The lowest BCUT2D eigenvalue weighted by atomic mass is 9.81. The van der Waals surface area contributed by atoms with Gasteiger partial charge in [-0.3, -0.25) is 29.4 Å². The van der Waals surface area contributed by atoms with Crippen LogP contribution in [0.5, 0.6) is 0 Å². The molecule has 0 radical (unpaired) electrons. The average molecular weight is 419 g/mol. The van der Waals surface area contributed by atoms with Gasteiger partial charge in [-0.25, -0.2) is 4.39 Å². The van der Waals surface area contributed by atoms with E-state index < -0.39 is 40.9 Å². The molecular weight excluding hydrogens is 397 g/mol. The Morgan fingerprint density at radius 2 is 1.93 bits per heavy atom. The van der Waals surface area contributed by atoms with Gasteiger partial charge in [-0.15, -0.1) is 0 Å². The number of rotatable bonds is 5. The van der Waals surface area contributed by atoms with E-state index >= 15 is 0 Å². The van der Waals surface area contributed by atoms with E-state index in [1.165, 1.54) is 6.07 Å². The van der Waals surface area contributed by atoms with Crippen LogP contribution in [-0.2, 0) is 14.3 Å². The molecule has 2 saturated heterocycles. The molecule has 4 amide bonds. The number of amides is 4. The number of benzene rings is 1. The van der Waals surface area contributed by atoms with E-state index in [9.17, 15) is 28.7 Å². The average Bonchev–Trinajstić information content (AvgIpc) is 2.98. The number of fused-ring (bicyclic) bond motifs is 1. The molecule has 3 N–H and O–H groups in total. The number of carbonyl (C=O) groups excluding carboxylic acids is 4. The number of imide groups is 2. The molecule has 3 aliphatic heterocycles. The Balaban J connectivity index is 1.63. The Morgan fingerprint density at radius 1 is 1.20 bits per heavy atom. The monoisotopic (exact) mass is 419 g/mol. The van der Waals surface area contributed by atoms with Crippen LogP contribution in [-0.4, -0.2) is 66.0 Å². The van der Waals surface area contributed by atoms with Crippen molar-refractivity contribution in [2.24, 2.45) is 5.41 Å². The van der Waals surface area contributed by atoms with Crippen molar-refractivity contribution in [3.05, 3.63) is 29.1 Å². The highest BCUT2D eigenvalue weighted by Gasteiger charge is 2.46. The number of nitrogens with one attached hydrogen (secondary N) is 2. The molecule has 1 unspecified atom stereocenters. The molecule has 3 aliphatic rings. The van der Waals surface area contributed by atoms with Crippen LogP contribution in [0.2, 0.25) is 0 Å². The zero-order chi connectivity index (χ0) is 21.5. The normalized spacial score (nSPS) is 23.4. The molecule has 30 heavy (non-hydrogen) atoms. The smallest absolute Gasteiger partial charge is 0.264 e. The summed E-state index contributed by atoms with van der Waals surface area (Å²) in [5.74, 6) is -3.38. The minimum atomic E-state index is -1.12. The van der Waals surface area contributed by atoms with Gasteiger partial charge in [0.1, 0.15) is 11.9 Å². The first-order valence-electron chi connectivity index (χ1n) is 9.83. The Morgan fingerprint density at radius 3 is 2.60 bits per heavy atom. The number of aliphatic hydroxyl groups excluding tert-OH is 1. The summed E-state index contributed by atoms with van der Waals surface area (Å²) in [6.45, 7) is 1.01. The van der Waals surface area contributed by atoms with Crippen molar-refractivity contribution in [3.63, 3.8) is 0 Å². The lowest BCUT2D eigenvalue weighted by Crippen LogP contribution is -2.54. The fraction of sp³-hybridized carbons (Fsp3) is 0.500. The van der Waals surface area contributed by atoms with Crippen molar-refractivity contribution in [1.82, 2.24) is 10.2 Å². The van der Waals surface area contributed by atoms with E-state index in [0.29, 0.717) is 26.1 Å². The first kappa shape index (κ1) is 20.4. The number of anilines is 1. The molecule has 1 atom stereocenters. The van der Waals surface area contributed by atoms with E-state index in [1.54, 1.807) is 0 Å². The summed E-state index contributed by atoms with van der Waals surface area (Å²) >= 11 is 0. The highest BCUT2D eigenvalue weighted by atomic mass is 19.1. The van der Waals surface area contributed by atoms with Gasteiger partial charge in [-0.05, 0) is 31.4 Å². The maximum Gasteiger partial charge on any atom is 0.264 e. The highest BCUT2D eigenvalue weighted by Crippen LogP contribution is 2.36. The molecule has 0 saturated carbocycles. The molecule has 2 fully saturated rings. The second kappa shape index (κ2) is 7.77. The quantitative estimate of drug-likeness (QED) is 0.591. The third kappa shape index (κ3) is 3.35. The molecule has 0 bridgehead atoms. The number of hydrogen-bond acceptors (Lipinski definition) is 7. The number of halogens is 1. The molecule has 4 rings (SSSR count). The standard InChI is InChI=1S/C20H22FN3O6/c21-12-2-1-11-15(16(12)22-9-20(10-25)5-7-30-8-6-20)19(29)24(18(11)28)13-3-4-14(26)23-17(13)27/h1-2,13,22,25H,3-10H2,(H,23,26,27). The van der Waals surface area contributed by atoms with Gasteiger partial charge in [0, 0.05) is 31.6 Å². The lowest BCUT2D eigenvalue weighted by molar-refractivity contribution is -0.136. The summed E-state index contributed by atoms with van der Waals surface area (Å²) in [7, 11) is 0. The third-order valence-corrected chi connectivity index (χ3v) is 6.09. The van der Waals surface area contributed by atoms with Gasteiger partial charge in [-0.1, -0.05) is 0 Å². The van der Waals surface area contributed by atoms with Crippen LogP contribution < -0.4 is 10.6 Å². The molecule has 10 heteroatoms. The second-order valence-electron chi connectivity index (χ2n) is 7.92. The Labute approximate surface area is 171 Å². The Kier molecular flexibility index (Phi) is 5.29. The molecule has 160 valence electrons. The maximum absolute atomic E-state index is 14.7. The fourth-order valence-corrected chi connectivity index (χ4v) is 4.18. The van der Waals surface area contributed by atoms with Gasteiger partial charge in [0.15, 0.2) is 0 Å². The largest absolute Gasteiger partial charge is 0.396 e. The first-order valence-corrected chi connectivity index (χ1v) is 9.83. The van der Waals surface area contributed by atoms with Gasteiger partial charge in [0.25, 0.3) is 11.8 Å². The zero-order valence-corrected chi connectivity index (χ0v) is 16.2. The van der Waals surface area contributed by atoms with Crippen LogP contribution in [0.3, 0.4) is 0 Å². The van der Waals surface area contributed by atoms with Crippen molar-refractivity contribution >= 4 is 29.3 Å². The molecule has 0 aliphatic carbocycles. The molecule has 1 aromatic carbocycles. The summed E-state index contributed by atoms with van der Waals surface area (Å²) in [5, 5.41) is 14.9. The molecule has 0 aromatic heterocycles. The minimum absolute atomic E-state index is 0.00127. The molecule has 3 heterocycles. The van der Waals surface area contributed by atoms with E-state index in [2.05, 4.69) is 10.6 Å². The summed E-state index contributed by atoms with van der Waals surface area (Å²) < 4.78 is 20.0. The minimum Gasteiger partial charge on any atom is -0.396 e. The fourth-order valence-electron chi connectivity index (χ4n) is 4.18.